The molecule has 7 atom stereocenters. The Bertz CT molecular complexity index is 2690. The van der Waals surface area contributed by atoms with Gasteiger partial charge in [-0.25, -0.2) is 0 Å². The summed E-state index contributed by atoms with van der Waals surface area (Å²) in [5.41, 5.74) is 18.3. The van der Waals surface area contributed by atoms with Crippen molar-refractivity contribution in [3.8, 4) is 11.1 Å². The van der Waals surface area contributed by atoms with Crippen molar-refractivity contribution >= 4 is 22.6 Å². The third-order valence-corrected chi connectivity index (χ3v) is 15.4. The third kappa shape index (κ3) is 6.62. The van der Waals surface area contributed by atoms with Crippen LogP contribution >= 0.6 is 0 Å². The predicted molar refractivity (Wildman–Crippen MR) is 259 cm³/mol. The summed E-state index contributed by atoms with van der Waals surface area (Å²) in [7, 11) is 0. The maximum Gasteiger partial charge on any atom is 0.0522 e. The van der Waals surface area contributed by atoms with Crippen LogP contribution in [0.25, 0.3) is 22.4 Å². The highest BCUT2D eigenvalue weighted by molar-refractivity contribution is 5.84. The Hall–Kier alpha value is -6.12. The smallest absolute Gasteiger partial charge is 0.0522 e. The van der Waals surface area contributed by atoms with E-state index in [1.807, 2.05) is 0 Å². The van der Waals surface area contributed by atoms with Gasteiger partial charge in [-0.2, -0.15) is 0 Å². The lowest BCUT2D eigenvalue weighted by atomic mass is 9.68. The van der Waals surface area contributed by atoms with E-state index in [1.54, 1.807) is 5.57 Å². The van der Waals surface area contributed by atoms with Crippen LogP contribution in [0, 0.1) is 29.6 Å². The Kier molecular flexibility index (Phi) is 9.69. The molecule has 0 spiro atoms. The maximum absolute atomic E-state index is 2.79. The minimum Gasteiger partial charge on any atom is -0.337 e. The Morgan fingerprint density at radius 1 is 0.565 bits per heavy atom. The molecule has 0 aromatic heterocycles. The van der Waals surface area contributed by atoms with Crippen molar-refractivity contribution in [3.63, 3.8) is 0 Å². The molecule has 2 heteroatoms. The highest BCUT2D eigenvalue weighted by Gasteiger charge is 2.44. The Balaban J connectivity index is 0.853. The fourth-order valence-electron chi connectivity index (χ4n) is 12.4. The molecule has 8 aliphatic rings. The molecular weight excluding hydrogens is 749 g/mol. The zero-order valence-corrected chi connectivity index (χ0v) is 35.7. The maximum atomic E-state index is 2.79. The zero-order chi connectivity index (χ0) is 41.0. The van der Waals surface area contributed by atoms with E-state index in [2.05, 4.69) is 198 Å². The minimum absolute atomic E-state index is 0.270. The summed E-state index contributed by atoms with van der Waals surface area (Å²) in [6.07, 6.45) is 44.7. The van der Waals surface area contributed by atoms with Crippen LogP contribution in [0.4, 0.5) is 11.4 Å². The first-order valence-electron chi connectivity index (χ1n) is 23.6. The minimum atomic E-state index is 0.270. The number of allylic oxidation sites excluding steroid dienone is 15. The molecule has 62 heavy (non-hydrogen) atoms. The molecule has 0 amide bonds. The molecule has 4 aromatic carbocycles. The van der Waals surface area contributed by atoms with Crippen LogP contribution in [0.1, 0.15) is 68.1 Å². The largest absolute Gasteiger partial charge is 0.337 e. The lowest BCUT2D eigenvalue weighted by Gasteiger charge is -2.39. The first-order valence-corrected chi connectivity index (χ1v) is 23.6. The Morgan fingerprint density at radius 3 is 2.19 bits per heavy atom. The van der Waals surface area contributed by atoms with Gasteiger partial charge in [-0.15, -0.1) is 0 Å². The van der Waals surface area contributed by atoms with Crippen LogP contribution in [0.15, 0.2) is 211 Å². The molecule has 0 bridgehead atoms. The first kappa shape index (κ1) is 37.6. The lowest BCUT2D eigenvalue weighted by Crippen LogP contribution is -2.35. The van der Waals surface area contributed by atoms with Crippen molar-refractivity contribution in [1.29, 1.82) is 0 Å². The molecule has 0 fully saturated rings. The summed E-state index contributed by atoms with van der Waals surface area (Å²) in [5.74, 6) is 2.60. The number of anilines is 2. The van der Waals surface area contributed by atoms with Gasteiger partial charge in [0.15, 0.2) is 0 Å². The van der Waals surface area contributed by atoms with Crippen LogP contribution < -0.4 is 4.90 Å². The molecule has 1 heterocycles. The van der Waals surface area contributed by atoms with E-state index in [0.29, 0.717) is 35.6 Å². The quantitative estimate of drug-likeness (QED) is 0.172. The highest BCUT2D eigenvalue weighted by atomic mass is 15.2. The average Bonchev–Trinajstić information content (AvgIpc) is 3.70. The number of aryl methyl sites for hydroxylation is 1. The molecule has 0 saturated carbocycles. The molecular formula is C60H56N2. The highest BCUT2D eigenvalue weighted by Crippen LogP contribution is 2.52. The third-order valence-electron chi connectivity index (χ3n) is 15.4. The number of nitrogens with zero attached hydrogens (tertiary/aromatic N) is 2. The molecule has 0 saturated heterocycles. The van der Waals surface area contributed by atoms with Gasteiger partial charge in [-0.05, 0) is 150 Å². The first-order chi connectivity index (χ1) is 30.7. The van der Waals surface area contributed by atoms with Gasteiger partial charge in [0, 0.05) is 46.2 Å². The zero-order valence-electron chi connectivity index (χ0n) is 35.7. The molecule has 0 N–H and O–H groups in total. The van der Waals surface area contributed by atoms with E-state index in [-0.39, 0.29) is 6.04 Å². The molecule has 2 nitrogen and oxygen atoms in total. The van der Waals surface area contributed by atoms with Crippen LogP contribution in [-0.4, -0.2) is 17.0 Å². The molecule has 7 unspecified atom stereocenters. The number of hydrogen-bond acceptors (Lipinski definition) is 2. The second-order valence-electron chi connectivity index (χ2n) is 18.8. The van der Waals surface area contributed by atoms with Gasteiger partial charge >= 0.3 is 0 Å². The number of benzene rings is 4. The van der Waals surface area contributed by atoms with Gasteiger partial charge in [-0.1, -0.05) is 158 Å². The van der Waals surface area contributed by atoms with Crippen LogP contribution in [0.3, 0.4) is 0 Å². The summed E-state index contributed by atoms with van der Waals surface area (Å²) < 4.78 is 0. The van der Waals surface area contributed by atoms with Gasteiger partial charge in [0.05, 0.1) is 6.04 Å². The van der Waals surface area contributed by atoms with E-state index in [1.165, 1.54) is 99.4 Å². The van der Waals surface area contributed by atoms with E-state index < -0.39 is 0 Å². The van der Waals surface area contributed by atoms with Gasteiger partial charge in [0.1, 0.15) is 0 Å². The normalized spacial score (nSPS) is 27.9. The fraction of sp³-hybridized carbons (Fsp3) is 0.267. The molecule has 306 valence electrons. The monoisotopic (exact) mass is 804 g/mol. The summed E-state index contributed by atoms with van der Waals surface area (Å²) in [4.78, 5) is 5.39. The van der Waals surface area contributed by atoms with Crippen molar-refractivity contribution in [3.05, 3.63) is 227 Å². The van der Waals surface area contributed by atoms with Gasteiger partial charge in [0.2, 0.25) is 0 Å². The molecule has 12 rings (SSSR count). The molecule has 1 aliphatic heterocycles. The summed E-state index contributed by atoms with van der Waals surface area (Å²) in [6.45, 7) is 0. The number of fused-ring (bicyclic) bond motifs is 7. The van der Waals surface area contributed by atoms with Crippen LogP contribution in [0.2, 0.25) is 0 Å². The Labute approximate surface area is 368 Å². The predicted octanol–water partition coefficient (Wildman–Crippen LogP) is 14.7. The van der Waals surface area contributed by atoms with Crippen molar-refractivity contribution in [2.45, 2.75) is 69.9 Å². The molecule has 0 radical (unpaired) electrons. The number of hydrogen-bond donors (Lipinski definition) is 0. The van der Waals surface area contributed by atoms with Crippen LogP contribution in [-0.2, 0) is 6.42 Å². The van der Waals surface area contributed by atoms with Crippen molar-refractivity contribution in [1.82, 2.24) is 4.90 Å². The van der Waals surface area contributed by atoms with Gasteiger partial charge in [0.25, 0.3) is 0 Å². The Morgan fingerprint density at radius 2 is 1.35 bits per heavy atom. The standard InChI is InChI=1S/C60H56N2/c1-2-13-41(14-3-1)42-25-32-48(33-26-42)61(50-36-29-45(30-37-50)58-40-47-16-5-6-19-52(47)54-21-8-9-22-55(54)58)49-34-27-43(28-35-49)46-17-12-18-51(39-46)62-59-24-11-10-23-56(59)57-38-31-44-15-4-7-20-53(44)60(57)62/h1-7,9-10,12-16,18-20,22-23,25-27,29-30,32-34,36-37,39-40,43,46,49,52,54,56,59H,8,11,17,21,24,28,31,35,38H2. The average molecular weight is 805 g/mol. The topological polar surface area (TPSA) is 6.48 Å². The summed E-state index contributed by atoms with van der Waals surface area (Å²) in [5, 5.41) is 0. The van der Waals surface area contributed by atoms with E-state index in [9.17, 15) is 0 Å². The SMILES string of the molecule is C1=CC2=CC(c3ccc(N(c4ccc(-c5ccccc5)cc4)C4C=CC(C5C=C(N6C7=C(CCc8ccccc87)C7C=CCCC76)C=CC5)CC4)cc3)=C3C=CCCC3C2C=C1. The summed E-state index contributed by atoms with van der Waals surface area (Å²) >= 11 is 0. The second kappa shape index (κ2) is 16.0. The molecule has 4 aromatic rings. The summed E-state index contributed by atoms with van der Waals surface area (Å²) in [6, 6.07) is 39.6. The van der Waals surface area contributed by atoms with Crippen LogP contribution in [0.5, 0.6) is 0 Å². The van der Waals surface area contributed by atoms with Crippen molar-refractivity contribution in [2.75, 3.05) is 4.90 Å². The van der Waals surface area contributed by atoms with Crippen molar-refractivity contribution < 1.29 is 0 Å². The van der Waals surface area contributed by atoms with Gasteiger partial charge < -0.3 is 9.80 Å². The fourth-order valence-corrected chi connectivity index (χ4v) is 12.4. The van der Waals surface area contributed by atoms with E-state index in [0.717, 1.165) is 25.7 Å². The van der Waals surface area contributed by atoms with Gasteiger partial charge in [-0.3, -0.25) is 0 Å². The van der Waals surface area contributed by atoms with E-state index in [4.69, 9.17) is 0 Å². The van der Waals surface area contributed by atoms with E-state index >= 15 is 0 Å². The lowest BCUT2D eigenvalue weighted by molar-refractivity contribution is 0.313. The number of rotatable bonds is 7. The second-order valence-corrected chi connectivity index (χ2v) is 18.8. The molecule has 7 aliphatic carbocycles. The van der Waals surface area contributed by atoms with Crippen molar-refractivity contribution in [2.24, 2.45) is 29.6 Å².